The van der Waals surface area contributed by atoms with Gasteiger partial charge < -0.3 is 4.42 Å². The van der Waals surface area contributed by atoms with E-state index in [1.165, 1.54) is 0 Å². The number of rotatable bonds is 0. The minimum absolute atomic E-state index is 0.0138. The summed E-state index contributed by atoms with van der Waals surface area (Å²) >= 11 is 1.63. The smallest absolute Gasteiger partial charge is 0.436 e. The van der Waals surface area contributed by atoms with E-state index in [2.05, 4.69) is 4.98 Å². The van der Waals surface area contributed by atoms with Crippen LogP contribution in [0.1, 0.15) is 32.2 Å². The normalized spacial score (nSPS) is 13.4. The van der Waals surface area contributed by atoms with Crippen LogP contribution in [0.15, 0.2) is 4.42 Å². The molecule has 0 saturated carbocycles. The predicted molar refractivity (Wildman–Crippen MR) is 52.9 cm³/mol. The highest BCUT2D eigenvalue weighted by Gasteiger charge is 2.41. The molecule has 1 aromatic heterocycles. The van der Waals surface area contributed by atoms with Gasteiger partial charge in [-0.05, 0) is 0 Å². The Bertz CT molecular complexity index is 306. The molecule has 1 heterocycles. The number of oxazole rings is 1. The molecular weight excluding hydrogens is 310 g/mol. The topological polar surface area (TPSA) is 26.0 Å². The van der Waals surface area contributed by atoms with E-state index in [9.17, 15) is 13.2 Å². The van der Waals surface area contributed by atoms with Gasteiger partial charge in [-0.1, -0.05) is 20.8 Å². The Labute approximate surface area is 93.0 Å². The molecule has 0 aliphatic heterocycles. The Balaban J connectivity index is 3.31. The second kappa shape index (κ2) is 3.39. The summed E-state index contributed by atoms with van der Waals surface area (Å²) in [6.07, 6.45) is -4.45. The molecule has 0 saturated heterocycles. The summed E-state index contributed by atoms with van der Waals surface area (Å²) in [6.45, 7) is 4.95. The molecule has 0 spiro atoms. The van der Waals surface area contributed by atoms with Crippen LogP contribution in [-0.4, -0.2) is 4.98 Å². The maximum atomic E-state index is 12.5. The lowest BCUT2D eigenvalue weighted by Gasteiger charge is -2.16. The summed E-state index contributed by atoms with van der Waals surface area (Å²) in [4.78, 5) is 3.34. The maximum Gasteiger partial charge on any atom is 0.436 e. The van der Waals surface area contributed by atoms with Gasteiger partial charge in [-0.2, -0.15) is 18.2 Å². The van der Waals surface area contributed by atoms with Crippen LogP contribution in [0.2, 0.25) is 0 Å². The van der Waals surface area contributed by atoms with Crippen molar-refractivity contribution in [3.05, 3.63) is 15.4 Å². The Morgan fingerprint density at radius 2 is 1.71 bits per heavy atom. The number of halogens is 4. The van der Waals surface area contributed by atoms with Crippen molar-refractivity contribution in [1.29, 1.82) is 0 Å². The minimum Gasteiger partial charge on any atom is -0.436 e. The van der Waals surface area contributed by atoms with Gasteiger partial charge in [-0.25, -0.2) is 0 Å². The van der Waals surface area contributed by atoms with E-state index >= 15 is 0 Å². The zero-order chi connectivity index (χ0) is 11.1. The Morgan fingerprint density at radius 1 is 1.21 bits per heavy atom. The van der Waals surface area contributed by atoms with E-state index in [0.717, 1.165) is 0 Å². The van der Waals surface area contributed by atoms with Crippen molar-refractivity contribution in [2.24, 2.45) is 0 Å². The van der Waals surface area contributed by atoms with E-state index in [4.69, 9.17) is 4.42 Å². The fraction of sp³-hybridized carbons (Fsp3) is 0.625. The van der Waals surface area contributed by atoms with Crippen molar-refractivity contribution in [3.8, 4) is 0 Å². The minimum atomic E-state index is -4.45. The summed E-state index contributed by atoms with van der Waals surface area (Å²) in [5.41, 5.74) is -1.62. The molecule has 0 N–H and O–H groups in total. The average Bonchev–Trinajstić information content (AvgIpc) is 2.27. The highest BCUT2D eigenvalue weighted by molar-refractivity contribution is 14.1. The van der Waals surface area contributed by atoms with E-state index in [-0.39, 0.29) is 9.66 Å². The lowest BCUT2D eigenvalue weighted by Crippen LogP contribution is -2.18. The molecule has 14 heavy (non-hydrogen) atoms. The third-order valence-electron chi connectivity index (χ3n) is 1.55. The highest BCUT2D eigenvalue weighted by atomic mass is 127. The van der Waals surface area contributed by atoms with Gasteiger partial charge in [0.2, 0.25) is 0 Å². The number of hydrogen-bond donors (Lipinski definition) is 0. The van der Waals surface area contributed by atoms with E-state index in [1.54, 1.807) is 43.4 Å². The van der Waals surface area contributed by atoms with Crippen molar-refractivity contribution in [2.75, 3.05) is 0 Å². The van der Waals surface area contributed by atoms with Crippen molar-refractivity contribution in [1.82, 2.24) is 4.98 Å². The molecule has 0 aromatic carbocycles. The standard InChI is InChI=1S/C8H9F3INO/c1-7(2,3)5-4(8(9,10)11)13-6(12)14-5/h1-3H3. The van der Waals surface area contributed by atoms with Crippen LogP contribution in [0, 0.1) is 3.90 Å². The summed E-state index contributed by atoms with van der Waals surface area (Å²) in [7, 11) is 0. The second-order valence-corrected chi connectivity index (χ2v) is 4.82. The van der Waals surface area contributed by atoms with Crippen molar-refractivity contribution >= 4 is 22.6 Å². The van der Waals surface area contributed by atoms with Crippen molar-refractivity contribution in [2.45, 2.75) is 32.4 Å². The second-order valence-electron chi connectivity index (χ2n) is 3.89. The Kier molecular flexibility index (Phi) is 2.86. The largest absolute Gasteiger partial charge is 0.436 e. The van der Waals surface area contributed by atoms with Crippen LogP contribution in [0.4, 0.5) is 13.2 Å². The third-order valence-corrected chi connectivity index (χ3v) is 2.01. The summed E-state index contributed by atoms with van der Waals surface area (Å²) in [6, 6.07) is 0. The van der Waals surface area contributed by atoms with Crippen LogP contribution in [0.5, 0.6) is 0 Å². The molecule has 2 nitrogen and oxygen atoms in total. The summed E-state index contributed by atoms with van der Waals surface area (Å²) in [5, 5.41) is 0. The third kappa shape index (κ3) is 2.40. The molecule has 1 aromatic rings. The zero-order valence-electron chi connectivity index (χ0n) is 7.87. The molecule has 0 unspecified atom stereocenters. The number of alkyl halides is 3. The molecular formula is C8H9F3INO. The van der Waals surface area contributed by atoms with Gasteiger partial charge >= 0.3 is 6.18 Å². The molecule has 0 aliphatic rings. The first-order chi connectivity index (χ1) is 6.12. The van der Waals surface area contributed by atoms with Gasteiger partial charge in [0.1, 0.15) is 5.76 Å². The first-order valence-corrected chi connectivity index (χ1v) is 4.94. The highest BCUT2D eigenvalue weighted by Crippen LogP contribution is 2.37. The van der Waals surface area contributed by atoms with Crippen molar-refractivity contribution in [3.63, 3.8) is 0 Å². The zero-order valence-corrected chi connectivity index (χ0v) is 10.0. The van der Waals surface area contributed by atoms with Gasteiger partial charge in [0.15, 0.2) is 5.69 Å². The van der Waals surface area contributed by atoms with Crippen LogP contribution < -0.4 is 0 Å². The van der Waals surface area contributed by atoms with Gasteiger partial charge in [0.05, 0.1) is 0 Å². The van der Waals surface area contributed by atoms with Gasteiger partial charge in [0.25, 0.3) is 3.90 Å². The fourth-order valence-electron chi connectivity index (χ4n) is 0.994. The van der Waals surface area contributed by atoms with Crippen molar-refractivity contribution < 1.29 is 17.6 Å². The molecule has 0 atom stereocenters. The van der Waals surface area contributed by atoms with Gasteiger partial charge in [-0.3, -0.25) is 0 Å². The van der Waals surface area contributed by atoms with Crippen LogP contribution in [0.3, 0.4) is 0 Å². The first kappa shape index (κ1) is 11.8. The molecule has 0 fully saturated rings. The van der Waals surface area contributed by atoms with Gasteiger partial charge in [0, 0.05) is 28.0 Å². The van der Waals surface area contributed by atoms with E-state index in [0.29, 0.717) is 0 Å². The SMILES string of the molecule is CC(C)(C)c1oc(I)nc1C(F)(F)F. The predicted octanol–water partition coefficient (Wildman–Crippen LogP) is 3.60. The molecule has 0 amide bonds. The van der Waals surface area contributed by atoms with E-state index in [1.807, 2.05) is 0 Å². The first-order valence-electron chi connectivity index (χ1n) is 3.86. The van der Waals surface area contributed by atoms with Crippen LogP contribution in [-0.2, 0) is 11.6 Å². The Hall–Kier alpha value is -0.270. The lowest BCUT2D eigenvalue weighted by atomic mass is 9.92. The molecule has 6 heteroatoms. The average molecular weight is 319 g/mol. The monoisotopic (exact) mass is 319 g/mol. The fourth-order valence-corrected chi connectivity index (χ4v) is 1.46. The van der Waals surface area contributed by atoms with Gasteiger partial charge in [-0.15, -0.1) is 0 Å². The number of aromatic nitrogens is 1. The van der Waals surface area contributed by atoms with Crippen LogP contribution in [0.25, 0.3) is 0 Å². The molecule has 1 rings (SSSR count). The quantitative estimate of drug-likeness (QED) is 0.683. The van der Waals surface area contributed by atoms with Crippen LogP contribution >= 0.6 is 22.6 Å². The maximum absolute atomic E-state index is 12.5. The molecule has 0 aliphatic carbocycles. The molecule has 0 bridgehead atoms. The lowest BCUT2D eigenvalue weighted by molar-refractivity contribution is -0.142. The van der Waals surface area contributed by atoms with E-state index < -0.39 is 17.3 Å². The summed E-state index contributed by atoms with van der Waals surface area (Å²) in [5.74, 6) is -0.116. The number of hydrogen-bond acceptors (Lipinski definition) is 2. The Morgan fingerprint density at radius 3 is 2.00 bits per heavy atom. The molecule has 80 valence electrons. The summed E-state index contributed by atoms with van der Waals surface area (Å²) < 4.78 is 42.4. The number of nitrogens with zero attached hydrogens (tertiary/aromatic N) is 1. The molecule has 0 radical (unpaired) electrons.